The highest BCUT2D eigenvalue weighted by molar-refractivity contribution is 5.46. The summed E-state index contributed by atoms with van der Waals surface area (Å²) in [4.78, 5) is 0. The molecule has 0 spiro atoms. The van der Waals surface area contributed by atoms with Crippen molar-refractivity contribution in [1.29, 1.82) is 0 Å². The summed E-state index contributed by atoms with van der Waals surface area (Å²) in [5, 5.41) is 3.71. The van der Waals surface area contributed by atoms with Crippen LogP contribution in [0.4, 0.5) is 13.2 Å². The number of aromatic nitrogens is 2. The van der Waals surface area contributed by atoms with Gasteiger partial charge in [0.1, 0.15) is 0 Å². The van der Waals surface area contributed by atoms with Crippen molar-refractivity contribution in [2.45, 2.75) is 6.18 Å². The minimum absolute atomic E-state index is 0.646. The van der Waals surface area contributed by atoms with Crippen LogP contribution in [0.25, 0.3) is 5.52 Å². The van der Waals surface area contributed by atoms with Crippen LogP contribution in [-0.2, 0) is 6.18 Å². The highest BCUT2D eigenvalue weighted by Crippen LogP contribution is 2.28. The SMILES string of the molecule is FC(F)(F)c1ccc2ccnn2c1. The van der Waals surface area contributed by atoms with Crippen molar-refractivity contribution in [3.05, 3.63) is 36.2 Å². The average molecular weight is 186 g/mol. The molecule has 0 N–H and O–H groups in total. The first-order valence-electron chi connectivity index (χ1n) is 3.58. The van der Waals surface area contributed by atoms with Crippen LogP contribution in [-0.4, -0.2) is 9.61 Å². The second-order valence-corrected chi connectivity index (χ2v) is 2.62. The normalized spacial score (nSPS) is 12.2. The highest BCUT2D eigenvalue weighted by Gasteiger charge is 2.30. The summed E-state index contributed by atoms with van der Waals surface area (Å²) in [6.45, 7) is 0. The Kier molecular flexibility index (Phi) is 1.55. The van der Waals surface area contributed by atoms with Crippen molar-refractivity contribution in [3.63, 3.8) is 0 Å². The molecule has 0 radical (unpaired) electrons. The molecule has 0 fully saturated rings. The lowest BCUT2D eigenvalue weighted by atomic mass is 10.2. The fraction of sp³-hybridized carbons (Fsp3) is 0.125. The smallest absolute Gasteiger partial charge is 0.240 e. The zero-order valence-corrected chi connectivity index (χ0v) is 6.42. The lowest BCUT2D eigenvalue weighted by Gasteiger charge is -2.05. The van der Waals surface area contributed by atoms with Gasteiger partial charge in [0, 0.05) is 12.4 Å². The molecular weight excluding hydrogens is 181 g/mol. The van der Waals surface area contributed by atoms with Crippen molar-refractivity contribution in [2.75, 3.05) is 0 Å². The molecule has 0 aliphatic rings. The maximum Gasteiger partial charge on any atom is 0.417 e. The maximum atomic E-state index is 12.2. The van der Waals surface area contributed by atoms with Gasteiger partial charge in [0.25, 0.3) is 0 Å². The van der Waals surface area contributed by atoms with Crippen molar-refractivity contribution >= 4 is 5.52 Å². The zero-order chi connectivity index (χ0) is 9.47. The van der Waals surface area contributed by atoms with Crippen LogP contribution in [0.2, 0.25) is 0 Å². The molecule has 0 saturated carbocycles. The second kappa shape index (κ2) is 2.48. The zero-order valence-electron chi connectivity index (χ0n) is 6.42. The summed E-state index contributed by atoms with van der Waals surface area (Å²) in [6.07, 6.45) is -1.88. The van der Waals surface area contributed by atoms with E-state index in [1.54, 1.807) is 6.07 Å². The highest BCUT2D eigenvalue weighted by atomic mass is 19.4. The third kappa shape index (κ3) is 1.37. The average Bonchev–Trinajstić information content (AvgIpc) is 2.47. The Morgan fingerprint density at radius 1 is 1.15 bits per heavy atom. The maximum absolute atomic E-state index is 12.2. The Morgan fingerprint density at radius 2 is 1.92 bits per heavy atom. The van der Waals surface area contributed by atoms with Gasteiger partial charge in [-0.25, -0.2) is 4.52 Å². The summed E-state index contributed by atoms with van der Waals surface area (Å²) in [7, 11) is 0. The third-order valence-electron chi connectivity index (χ3n) is 1.72. The van der Waals surface area contributed by atoms with Crippen LogP contribution in [0.1, 0.15) is 5.56 Å². The first kappa shape index (κ1) is 8.10. The summed E-state index contributed by atoms with van der Waals surface area (Å²) >= 11 is 0. The van der Waals surface area contributed by atoms with E-state index < -0.39 is 11.7 Å². The molecule has 68 valence electrons. The lowest BCUT2D eigenvalue weighted by molar-refractivity contribution is -0.137. The summed E-state index contributed by atoms with van der Waals surface area (Å²) < 4.78 is 37.7. The number of rotatable bonds is 0. The fourth-order valence-electron chi connectivity index (χ4n) is 1.08. The van der Waals surface area contributed by atoms with Crippen LogP contribution in [0, 0.1) is 0 Å². The topological polar surface area (TPSA) is 17.3 Å². The van der Waals surface area contributed by atoms with Crippen LogP contribution in [0.3, 0.4) is 0 Å². The number of fused-ring (bicyclic) bond motifs is 1. The van der Waals surface area contributed by atoms with Crippen molar-refractivity contribution in [2.24, 2.45) is 0 Å². The summed E-state index contributed by atoms with van der Waals surface area (Å²) in [5.41, 5.74) is -0.0447. The first-order chi connectivity index (χ1) is 6.07. The predicted octanol–water partition coefficient (Wildman–Crippen LogP) is 2.35. The molecule has 0 aliphatic heterocycles. The number of pyridine rings is 1. The number of nitrogens with zero attached hydrogens (tertiary/aromatic N) is 2. The van der Waals surface area contributed by atoms with E-state index >= 15 is 0 Å². The Morgan fingerprint density at radius 3 is 2.62 bits per heavy atom. The number of hydrogen-bond donors (Lipinski definition) is 0. The van der Waals surface area contributed by atoms with Crippen LogP contribution in [0.15, 0.2) is 30.6 Å². The van der Waals surface area contributed by atoms with E-state index in [9.17, 15) is 13.2 Å². The molecule has 2 rings (SSSR count). The van der Waals surface area contributed by atoms with Gasteiger partial charge in [0.05, 0.1) is 11.1 Å². The van der Waals surface area contributed by atoms with Gasteiger partial charge >= 0.3 is 6.18 Å². The van der Waals surface area contributed by atoms with Crippen LogP contribution in [0.5, 0.6) is 0 Å². The van der Waals surface area contributed by atoms with Crippen LogP contribution >= 0.6 is 0 Å². The van der Waals surface area contributed by atoms with Gasteiger partial charge in [-0.15, -0.1) is 0 Å². The van der Waals surface area contributed by atoms with Crippen LogP contribution < -0.4 is 0 Å². The van der Waals surface area contributed by atoms with Gasteiger partial charge in [0.2, 0.25) is 0 Å². The standard InChI is InChI=1S/C8H5F3N2/c9-8(10,11)6-1-2-7-3-4-12-13(7)5-6/h1-5H. The van der Waals surface area contributed by atoms with E-state index in [0.717, 1.165) is 12.3 Å². The number of halogens is 3. The molecule has 2 aromatic rings. The van der Waals surface area contributed by atoms with Crippen molar-refractivity contribution < 1.29 is 13.2 Å². The molecule has 0 aromatic carbocycles. The van der Waals surface area contributed by atoms with E-state index in [1.807, 2.05) is 0 Å². The van der Waals surface area contributed by atoms with Crippen molar-refractivity contribution in [3.8, 4) is 0 Å². The van der Waals surface area contributed by atoms with Gasteiger partial charge in [-0.05, 0) is 18.2 Å². The molecule has 0 saturated heterocycles. The number of alkyl halides is 3. The molecular formula is C8H5F3N2. The van der Waals surface area contributed by atoms with E-state index in [1.165, 1.54) is 16.8 Å². The summed E-state index contributed by atoms with van der Waals surface area (Å²) in [6, 6.07) is 4.06. The van der Waals surface area contributed by atoms with Gasteiger partial charge in [-0.1, -0.05) is 0 Å². The molecule has 2 nitrogen and oxygen atoms in total. The van der Waals surface area contributed by atoms with E-state index in [0.29, 0.717) is 5.52 Å². The quantitative estimate of drug-likeness (QED) is 0.617. The van der Waals surface area contributed by atoms with E-state index in [4.69, 9.17) is 0 Å². The predicted molar refractivity (Wildman–Crippen MR) is 40.2 cm³/mol. The molecule has 0 amide bonds. The molecule has 2 aromatic heterocycles. The monoisotopic (exact) mass is 186 g/mol. The third-order valence-corrected chi connectivity index (χ3v) is 1.72. The van der Waals surface area contributed by atoms with Gasteiger partial charge in [-0.2, -0.15) is 18.3 Å². The fourth-order valence-corrected chi connectivity index (χ4v) is 1.08. The molecule has 0 aliphatic carbocycles. The minimum Gasteiger partial charge on any atom is -0.240 e. The lowest BCUT2D eigenvalue weighted by Crippen LogP contribution is -2.06. The summed E-state index contributed by atoms with van der Waals surface area (Å²) in [5.74, 6) is 0. The largest absolute Gasteiger partial charge is 0.417 e. The van der Waals surface area contributed by atoms with Gasteiger partial charge < -0.3 is 0 Å². The Hall–Kier alpha value is -1.52. The Balaban J connectivity index is 2.61. The molecule has 0 unspecified atom stereocenters. The minimum atomic E-state index is -4.31. The molecule has 2 heterocycles. The molecule has 13 heavy (non-hydrogen) atoms. The van der Waals surface area contributed by atoms with Gasteiger partial charge in [-0.3, -0.25) is 0 Å². The second-order valence-electron chi connectivity index (χ2n) is 2.62. The Bertz CT molecular complexity index is 430. The van der Waals surface area contributed by atoms with E-state index in [2.05, 4.69) is 5.10 Å². The van der Waals surface area contributed by atoms with E-state index in [-0.39, 0.29) is 0 Å². The van der Waals surface area contributed by atoms with Crippen molar-refractivity contribution in [1.82, 2.24) is 9.61 Å². The molecule has 5 heteroatoms. The Labute approximate surface area is 71.6 Å². The molecule has 0 atom stereocenters. The van der Waals surface area contributed by atoms with Gasteiger partial charge in [0.15, 0.2) is 0 Å². The number of hydrogen-bond acceptors (Lipinski definition) is 1. The molecule has 0 bridgehead atoms. The first-order valence-corrected chi connectivity index (χ1v) is 3.58.